The van der Waals surface area contributed by atoms with Crippen molar-refractivity contribution in [2.24, 2.45) is 22.5 Å². The summed E-state index contributed by atoms with van der Waals surface area (Å²) in [7, 11) is 0. The molecule has 2 saturated carbocycles. The smallest absolute Gasteiger partial charge is 0.227 e. The Morgan fingerprint density at radius 2 is 1.89 bits per heavy atom. The molecule has 0 aliphatic heterocycles. The highest BCUT2D eigenvalue weighted by Gasteiger charge is 2.41. The van der Waals surface area contributed by atoms with E-state index in [1.807, 2.05) is 0 Å². The van der Waals surface area contributed by atoms with E-state index in [9.17, 15) is 4.79 Å². The monoisotopic (exact) mass is 266 g/mol. The Bertz CT molecular complexity index is 309. The minimum absolute atomic E-state index is 0.224. The molecule has 1 amide bonds. The average molecular weight is 266 g/mol. The predicted octanol–water partition coefficient (Wildman–Crippen LogP) is 2.84. The van der Waals surface area contributed by atoms with E-state index in [2.05, 4.69) is 19.2 Å². The van der Waals surface area contributed by atoms with Gasteiger partial charge in [0.05, 0.1) is 5.41 Å². The Morgan fingerprint density at radius 1 is 1.26 bits per heavy atom. The van der Waals surface area contributed by atoms with Gasteiger partial charge in [0.15, 0.2) is 0 Å². The molecule has 2 aliphatic rings. The molecular weight excluding hydrogens is 236 g/mol. The molecule has 0 aromatic carbocycles. The van der Waals surface area contributed by atoms with Crippen LogP contribution in [0.3, 0.4) is 0 Å². The van der Waals surface area contributed by atoms with Gasteiger partial charge in [0, 0.05) is 13.1 Å². The first-order valence-electron chi connectivity index (χ1n) is 8.04. The van der Waals surface area contributed by atoms with Crippen molar-refractivity contribution >= 4 is 5.91 Å². The highest BCUT2D eigenvalue weighted by atomic mass is 16.2. The van der Waals surface area contributed by atoms with Crippen LogP contribution in [0.15, 0.2) is 0 Å². The van der Waals surface area contributed by atoms with Gasteiger partial charge >= 0.3 is 0 Å². The zero-order valence-corrected chi connectivity index (χ0v) is 12.6. The summed E-state index contributed by atoms with van der Waals surface area (Å²) in [6, 6.07) is 0. The summed E-state index contributed by atoms with van der Waals surface area (Å²) in [5, 5.41) is 3.23. The molecule has 0 unspecified atom stereocenters. The Labute approximate surface area is 117 Å². The summed E-state index contributed by atoms with van der Waals surface area (Å²) in [6.07, 6.45) is 9.27. The molecule has 19 heavy (non-hydrogen) atoms. The van der Waals surface area contributed by atoms with Crippen LogP contribution in [0.4, 0.5) is 0 Å². The standard InChI is InChI=1S/C16H30N2O/c1-3-15(7-4-8-15)12-18-14(19)16(11-17)9-5-13(2)6-10-16/h13H,3-12,17H2,1-2H3,(H,18,19). The van der Waals surface area contributed by atoms with Crippen LogP contribution in [0.5, 0.6) is 0 Å². The molecule has 0 atom stereocenters. The number of nitrogens with one attached hydrogen (secondary N) is 1. The van der Waals surface area contributed by atoms with Crippen LogP contribution >= 0.6 is 0 Å². The van der Waals surface area contributed by atoms with Crippen LogP contribution < -0.4 is 11.1 Å². The SMILES string of the molecule is CCC1(CNC(=O)C2(CN)CCC(C)CC2)CCC1. The average Bonchev–Trinajstić information content (AvgIpc) is 2.39. The first kappa shape index (κ1) is 14.8. The minimum Gasteiger partial charge on any atom is -0.355 e. The van der Waals surface area contributed by atoms with Crippen molar-refractivity contribution in [2.45, 2.75) is 65.2 Å². The van der Waals surface area contributed by atoms with E-state index in [4.69, 9.17) is 5.73 Å². The number of nitrogens with two attached hydrogens (primary N) is 1. The molecule has 2 rings (SSSR count). The molecule has 2 aliphatic carbocycles. The summed E-state index contributed by atoms with van der Waals surface area (Å²) in [6.45, 7) is 5.88. The lowest BCUT2D eigenvalue weighted by Gasteiger charge is -2.43. The number of rotatable bonds is 5. The fourth-order valence-electron chi connectivity index (χ4n) is 3.63. The van der Waals surface area contributed by atoms with Gasteiger partial charge in [-0.15, -0.1) is 0 Å². The van der Waals surface area contributed by atoms with Crippen LogP contribution in [-0.4, -0.2) is 19.0 Å². The van der Waals surface area contributed by atoms with Gasteiger partial charge in [-0.1, -0.05) is 20.3 Å². The number of hydrogen-bond acceptors (Lipinski definition) is 2. The van der Waals surface area contributed by atoms with E-state index < -0.39 is 0 Å². The van der Waals surface area contributed by atoms with Gasteiger partial charge in [0.1, 0.15) is 0 Å². The number of amides is 1. The molecule has 2 fully saturated rings. The topological polar surface area (TPSA) is 55.1 Å². The first-order chi connectivity index (χ1) is 9.06. The zero-order chi connectivity index (χ0) is 13.9. The number of carbonyl (C=O) groups is 1. The maximum absolute atomic E-state index is 12.6. The molecule has 3 nitrogen and oxygen atoms in total. The highest BCUT2D eigenvalue weighted by molar-refractivity contribution is 5.83. The van der Waals surface area contributed by atoms with Crippen LogP contribution in [0.25, 0.3) is 0 Å². The van der Waals surface area contributed by atoms with Crippen LogP contribution in [0.1, 0.15) is 65.2 Å². The molecule has 3 heteroatoms. The van der Waals surface area contributed by atoms with E-state index in [1.54, 1.807) is 0 Å². The fraction of sp³-hybridized carbons (Fsp3) is 0.938. The van der Waals surface area contributed by atoms with Crippen molar-refractivity contribution in [3.8, 4) is 0 Å². The van der Waals surface area contributed by atoms with Gasteiger partial charge in [-0.25, -0.2) is 0 Å². The van der Waals surface area contributed by atoms with Crippen LogP contribution in [0.2, 0.25) is 0 Å². The second-order valence-electron chi connectivity index (χ2n) is 7.06. The highest BCUT2D eigenvalue weighted by Crippen LogP contribution is 2.44. The maximum Gasteiger partial charge on any atom is 0.227 e. The molecule has 0 aromatic rings. The van der Waals surface area contributed by atoms with Crippen LogP contribution in [0, 0.1) is 16.7 Å². The molecule has 110 valence electrons. The van der Waals surface area contributed by atoms with Crippen LogP contribution in [-0.2, 0) is 4.79 Å². The maximum atomic E-state index is 12.6. The molecule has 0 bridgehead atoms. The summed E-state index contributed by atoms with van der Waals surface area (Å²) in [5.41, 5.74) is 6.07. The predicted molar refractivity (Wildman–Crippen MR) is 78.7 cm³/mol. The Balaban J connectivity index is 1.90. The van der Waals surface area contributed by atoms with Crippen molar-refractivity contribution in [1.29, 1.82) is 0 Å². The van der Waals surface area contributed by atoms with Crippen molar-refractivity contribution in [1.82, 2.24) is 5.32 Å². The Kier molecular flexibility index (Phi) is 4.54. The van der Waals surface area contributed by atoms with Gasteiger partial charge in [0.25, 0.3) is 0 Å². The number of carbonyl (C=O) groups excluding carboxylic acids is 1. The Hall–Kier alpha value is -0.570. The second-order valence-corrected chi connectivity index (χ2v) is 7.06. The summed E-state index contributed by atoms with van der Waals surface area (Å²) in [4.78, 5) is 12.6. The van der Waals surface area contributed by atoms with Crippen molar-refractivity contribution in [3.63, 3.8) is 0 Å². The van der Waals surface area contributed by atoms with Gasteiger partial charge < -0.3 is 11.1 Å². The fourth-order valence-corrected chi connectivity index (χ4v) is 3.63. The molecule has 3 N–H and O–H groups in total. The zero-order valence-electron chi connectivity index (χ0n) is 12.6. The molecule has 0 radical (unpaired) electrons. The lowest BCUT2D eigenvalue weighted by Crippen LogP contribution is -2.51. The van der Waals surface area contributed by atoms with E-state index >= 15 is 0 Å². The third kappa shape index (κ3) is 2.96. The van der Waals surface area contributed by atoms with Crippen molar-refractivity contribution in [2.75, 3.05) is 13.1 Å². The van der Waals surface area contributed by atoms with Gasteiger partial charge in [-0.2, -0.15) is 0 Å². The van der Waals surface area contributed by atoms with E-state index in [0.29, 0.717) is 12.0 Å². The van der Waals surface area contributed by atoms with Crippen molar-refractivity contribution < 1.29 is 4.79 Å². The molecule has 0 saturated heterocycles. The van der Waals surface area contributed by atoms with E-state index in [0.717, 1.165) is 38.1 Å². The number of hydrogen-bond donors (Lipinski definition) is 2. The second kappa shape index (κ2) is 5.82. The summed E-state index contributed by atoms with van der Waals surface area (Å²) < 4.78 is 0. The third-order valence-corrected chi connectivity index (χ3v) is 5.89. The largest absolute Gasteiger partial charge is 0.355 e. The normalized spacial score (nSPS) is 33.5. The first-order valence-corrected chi connectivity index (χ1v) is 8.04. The minimum atomic E-state index is -0.273. The molecule has 0 heterocycles. The van der Waals surface area contributed by atoms with Gasteiger partial charge in [-0.3, -0.25) is 4.79 Å². The van der Waals surface area contributed by atoms with E-state index in [-0.39, 0.29) is 11.3 Å². The summed E-state index contributed by atoms with van der Waals surface area (Å²) >= 11 is 0. The molecule has 0 spiro atoms. The quantitative estimate of drug-likeness (QED) is 0.804. The van der Waals surface area contributed by atoms with E-state index in [1.165, 1.54) is 25.7 Å². The van der Waals surface area contributed by atoms with Gasteiger partial charge in [-0.05, 0) is 56.3 Å². The van der Waals surface area contributed by atoms with Crippen molar-refractivity contribution in [3.05, 3.63) is 0 Å². The Morgan fingerprint density at radius 3 is 2.32 bits per heavy atom. The molecule has 0 aromatic heterocycles. The molecular formula is C16H30N2O. The lowest BCUT2D eigenvalue weighted by molar-refractivity contribution is -0.133. The van der Waals surface area contributed by atoms with Gasteiger partial charge in [0.2, 0.25) is 5.91 Å². The summed E-state index contributed by atoms with van der Waals surface area (Å²) in [5.74, 6) is 0.975. The third-order valence-electron chi connectivity index (χ3n) is 5.89. The lowest BCUT2D eigenvalue weighted by atomic mass is 9.66.